The summed E-state index contributed by atoms with van der Waals surface area (Å²) in [5, 5.41) is 23.0. The highest BCUT2D eigenvalue weighted by molar-refractivity contribution is 6.01. The van der Waals surface area contributed by atoms with E-state index in [1.165, 1.54) is 0 Å². The molecule has 0 amide bonds. The van der Waals surface area contributed by atoms with Crippen LogP contribution in [0, 0.1) is 5.82 Å². The van der Waals surface area contributed by atoms with E-state index in [1.54, 1.807) is 18.3 Å². The van der Waals surface area contributed by atoms with Gasteiger partial charge in [-0.25, -0.2) is 8.78 Å². The van der Waals surface area contributed by atoms with Crippen molar-refractivity contribution in [3.8, 4) is 23.0 Å². The molecule has 0 radical (unpaired) electrons. The fourth-order valence-electron chi connectivity index (χ4n) is 7.28. The van der Waals surface area contributed by atoms with Gasteiger partial charge in [0.15, 0.2) is 5.82 Å². The Morgan fingerprint density at radius 1 is 1.14 bits per heavy atom. The van der Waals surface area contributed by atoms with Crippen LogP contribution in [0.2, 0.25) is 0 Å². The van der Waals surface area contributed by atoms with Crippen LogP contribution in [-0.4, -0.2) is 80.7 Å². The number of phenols is 1. The highest BCUT2D eigenvalue weighted by atomic mass is 19.1. The number of aryl methyl sites for hydroxylation is 1. The number of aromatic nitrogens is 3. The summed E-state index contributed by atoms with van der Waals surface area (Å²) in [5.41, 5.74) is 1.23. The molecule has 2 aromatic heterocycles. The van der Waals surface area contributed by atoms with Crippen molar-refractivity contribution in [2.75, 3.05) is 37.7 Å². The number of benzene rings is 2. The van der Waals surface area contributed by atoms with E-state index in [2.05, 4.69) is 14.9 Å². The van der Waals surface area contributed by atoms with Gasteiger partial charge in [0.2, 0.25) is 0 Å². The Morgan fingerprint density at radius 3 is 2.86 bits per heavy atom. The molecule has 220 valence electrons. The predicted molar refractivity (Wildman–Crippen MR) is 157 cm³/mol. The highest BCUT2D eigenvalue weighted by Crippen LogP contribution is 2.41. The average molecular weight is 576 g/mol. The minimum atomic E-state index is -0.895. The maximum atomic E-state index is 16.6. The second-order valence-corrected chi connectivity index (χ2v) is 12.0. The van der Waals surface area contributed by atoms with Crippen molar-refractivity contribution in [3.05, 3.63) is 47.9 Å². The molecule has 0 bridgehead atoms. The molecule has 0 spiro atoms. The van der Waals surface area contributed by atoms with Crippen LogP contribution in [0.1, 0.15) is 44.6 Å². The zero-order valence-electron chi connectivity index (χ0n) is 23.7. The monoisotopic (exact) mass is 575 g/mol. The summed E-state index contributed by atoms with van der Waals surface area (Å²) in [7, 11) is 0. The largest absolute Gasteiger partial charge is 0.508 e. The number of phenolic OH excluding ortho intramolecular Hbond substituents is 1. The zero-order valence-corrected chi connectivity index (χ0v) is 23.7. The molecule has 2 aromatic carbocycles. The lowest BCUT2D eigenvalue weighted by Gasteiger charge is -2.32. The standard InChI is InChI=1S/C32H35F2N5O3/c1-2-19-6-3-7-20-12-23(41)13-24(26(19)20)28-27(34)29-25(15-35-28)30(38-10-4-8-22(40)17-38)37-31(36-29)42-18-32-9-5-11-39(32)16-21(33)14-32/h3,6-7,12-13,15,21-22,40-41H,2,4-5,8-11,14,16-18H2,1H3/t21-,22-,32?/m1/s1. The Bertz CT molecular complexity index is 1670. The van der Waals surface area contributed by atoms with Gasteiger partial charge in [-0.2, -0.15) is 9.97 Å². The van der Waals surface area contributed by atoms with Gasteiger partial charge in [0.1, 0.15) is 35.6 Å². The van der Waals surface area contributed by atoms with Crippen LogP contribution in [0.3, 0.4) is 0 Å². The van der Waals surface area contributed by atoms with Gasteiger partial charge in [0, 0.05) is 37.8 Å². The van der Waals surface area contributed by atoms with Crippen molar-refractivity contribution in [1.82, 2.24) is 19.9 Å². The van der Waals surface area contributed by atoms with Crippen molar-refractivity contribution in [2.24, 2.45) is 0 Å². The molecular weight excluding hydrogens is 540 g/mol. The topological polar surface area (TPSA) is 94.8 Å². The van der Waals surface area contributed by atoms with Crippen LogP contribution in [0.15, 0.2) is 36.5 Å². The van der Waals surface area contributed by atoms with E-state index < -0.39 is 23.6 Å². The van der Waals surface area contributed by atoms with Gasteiger partial charge in [0.05, 0.1) is 17.0 Å². The third kappa shape index (κ3) is 4.61. The number of halogens is 2. The van der Waals surface area contributed by atoms with E-state index in [0.717, 1.165) is 48.6 Å². The molecule has 8 nitrogen and oxygen atoms in total. The summed E-state index contributed by atoms with van der Waals surface area (Å²) >= 11 is 0. The number of aliphatic hydroxyl groups excluding tert-OH is 1. The number of anilines is 1. The molecule has 0 saturated carbocycles. The van der Waals surface area contributed by atoms with Crippen molar-refractivity contribution in [2.45, 2.75) is 63.3 Å². The highest BCUT2D eigenvalue weighted by Gasteiger charge is 2.49. The number of nitrogens with zero attached hydrogens (tertiary/aromatic N) is 5. The molecule has 3 aliphatic heterocycles. The van der Waals surface area contributed by atoms with E-state index >= 15 is 4.39 Å². The van der Waals surface area contributed by atoms with Crippen LogP contribution in [-0.2, 0) is 6.42 Å². The lowest BCUT2D eigenvalue weighted by Crippen LogP contribution is -2.43. The van der Waals surface area contributed by atoms with E-state index in [4.69, 9.17) is 9.72 Å². The summed E-state index contributed by atoms with van der Waals surface area (Å²) in [6.07, 6.45) is 4.54. The number of pyridine rings is 1. The average Bonchev–Trinajstić information content (AvgIpc) is 3.51. The normalized spacial score (nSPS) is 24.5. The molecule has 2 N–H and O–H groups in total. The second-order valence-electron chi connectivity index (χ2n) is 12.0. The van der Waals surface area contributed by atoms with Crippen LogP contribution >= 0.6 is 0 Å². The van der Waals surface area contributed by atoms with Crippen LogP contribution in [0.25, 0.3) is 32.9 Å². The second kappa shape index (κ2) is 10.6. The number of alkyl halides is 1. The summed E-state index contributed by atoms with van der Waals surface area (Å²) in [6.45, 7) is 4.49. The maximum absolute atomic E-state index is 16.6. The van der Waals surface area contributed by atoms with E-state index in [9.17, 15) is 14.6 Å². The fourth-order valence-corrected chi connectivity index (χ4v) is 7.28. The molecule has 1 unspecified atom stereocenters. The number of aliphatic hydroxyl groups is 1. The summed E-state index contributed by atoms with van der Waals surface area (Å²) in [5.74, 6) is -0.163. The zero-order chi connectivity index (χ0) is 29.0. The molecular formula is C32H35F2N5O3. The molecule has 4 aromatic rings. The molecule has 0 aliphatic carbocycles. The van der Waals surface area contributed by atoms with Gasteiger partial charge < -0.3 is 19.8 Å². The van der Waals surface area contributed by atoms with Gasteiger partial charge in [-0.3, -0.25) is 9.88 Å². The Morgan fingerprint density at radius 2 is 2.02 bits per heavy atom. The summed E-state index contributed by atoms with van der Waals surface area (Å²) in [4.78, 5) is 17.9. The van der Waals surface area contributed by atoms with E-state index in [0.29, 0.717) is 49.2 Å². The minimum Gasteiger partial charge on any atom is -0.508 e. The lowest BCUT2D eigenvalue weighted by atomic mass is 9.95. The number of fused-ring (bicyclic) bond motifs is 3. The van der Waals surface area contributed by atoms with Crippen LogP contribution in [0.5, 0.6) is 11.8 Å². The third-order valence-electron chi connectivity index (χ3n) is 9.25. The minimum absolute atomic E-state index is 0.0184. The molecule has 3 saturated heterocycles. The first-order valence-electron chi connectivity index (χ1n) is 14.9. The fraction of sp³-hybridized carbons (Fsp3) is 0.469. The Hall–Kier alpha value is -3.63. The first-order chi connectivity index (χ1) is 20.3. The van der Waals surface area contributed by atoms with Crippen molar-refractivity contribution in [3.63, 3.8) is 0 Å². The number of hydrogen-bond donors (Lipinski definition) is 2. The molecule has 5 heterocycles. The number of β-amino-alcohol motifs (C(OH)–C–C–N with tert-alkyl or cyclic N) is 1. The van der Waals surface area contributed by atoms with Gasteiger partial charge in [0.25, 0.3) is 0 Å². The quantitative estimate of drug-likeness (QED) is 0.325. The van der Waals surface area contributed by atoms with E-state index in [1.807, 2.05) is 30.0 Å². The Balaban J connectivity index is 1.36. The molecule has 3 aliphatic rings. The number of ether oxygens (including phenoxy) is 1. The smallest absolute Gasteiger partial charge is 0.319 e. The van der Waals surface area contributed by atoms with Gasteiger partial charge in [-0.15, -0.1) is 0 Å². The number of hydrogen-bond acceptors (Lipinski definition) is 8. The Kier molecular flexibility index (Phi) is 6.85. The summed E-state index contributed by atoms with van der Waals surface area (Å²) in [6, 6.07) is 9.04. The number of aromatic hydroxyl groups is 1. The van der Waals surface area contributed by atoms with Crippen molar-refractivity contribution < 1.29 is 23.7 Å². The number of rotatable bonds is 6. The van der Waals surface area contributed by atoms with Crippen molar-refractivity contribution >= 4 is 27.5 Å². The molecule has 10 heteroatoms. The SMILES string of the molecule is CCc1cccc2cc(O)cc(-c3ncc4c(N5CCC[C@@H](O)C5)nc(OCC56CCCN5C[C@H](F)C6)nc4c3F)c12. The van der Waals surface area contributed by atoms with Crippen LogP contribution in [0.4, 0.5) is 14.6 Å². The van der Waals surface area contributed by atoms with Crippen molar-refractivity contribution in [1.29, 1.82) is 0 Å². The van der Waals surface area contributed by atoms with E-state index in [-0.39, 0.29) is 29.6 Å². The third-order valence-corrected chi connectivity index (χ3v) is 9.25. The van der Waals surface area contributed by atoms with Gasteiger partial charge in [-0.05, 0) is 67.1 Å². The maximum Gasteiger partial charge on any atom is 0.319 e. The first-order valence-corrected chi connectivity index (χ1v) is 14.9. The predicted octanol–water partition coefficient (Wildman–Crippen LogP) is 5.17. The number of piperidine rings is 1. The first kappa shape index (κ1) is 27.2. The van der Waals surface area contributed by atoms with Gasteiger partial charge in [-0.1, -0.05) is 25.1 Å². The molecule has 42 heavy (non-hydrogen) atoms. The van der Waals surface area contributed by atoms with Gasteiger partial charge >= 0.3 is 6.01 Å². The Labute approximate surface area is 243 Å². The van der Waals surface area contributed by atoms with Crippen LogP contribution < -0.4 is 9.64 Å². The molecule has 3 atom stereocenters. The lowest BCUT2D eigenvalue weighted by molar-refractivity contribution is 0.107. The summed E-state index contributed by atoms with van der Waals surface area (Å²) < 4.78 is 37.2. The molecule has 3 fully saturated rings. The molecule has 7 rings (SSSR count).